The number of nitrogens with one attached hydrogen (secondary N) is 1. The predicted molar refractivity (Wildman–Crippen MR) is 206 cm³/mol. The molecule has 1 amide bonds. The van der Waals surface area contributed by atoms with E-state index in [1.54, 1.807) is 42.5 Å². The summed E-state index contributed by atoms with van der Waals surface area (Å²) in [7, 11) is -2.63. The number of aliphatic imine (C=N–C) groups is 1. The van der Waals surface area contributed by atoms with Crippen LogP contribution in [0.4, 0.5) is 11.4 Å². The summed E-state index contributed by atoms with van der Waals surface area (Å²) in [5, 5.41) is 12.4. The molecule has 1 aliphatic heterocycles. The Morgan fingerprint density at radius 3 is 1.96 bits per heavy atom. The number of amidine groups is 1. The fourth-order valence-corrected chi connectivity index (χ4v) is 8.04. The normalized spacial score (nSPS) is 13.9. The summed E-state index contributed by atoms with van der Waals surface area (Å²) in [6.45, 7) is 2.35. The van der Waals surface area contributed by atoms with Gasteiger partial charge in [0.25, 0.3) is 15.9 Å². The van der Waals surface area contributed by atoms with Gasteiger partial charge in [0.2, 0.25) is 6.10 Å². The van der Waals surface area contributed by atoms with Gasteiger partial charge in [-0.2, -0.15) is 0 Å². The van der Waals surface area contributed by atoms with E-state index in [9.17, 15) is 23.1 Å². The second-order valence-corrected chi connectivity index (χ2v) is 15.2. The predicted octanol–water partition coefficient (Wildman–Crippen LogP) is 9.78. The molecule has 52 heavy (non-hydrogen) atoms. The molecule has 10 nitrogen and oxygen atoms in total. The molecule has 0 aromatic heterocycles. The van der Waals surface area contributed by atoms with E-state index in [0.29, 0.717) is 17.9 Å². The van der Waals surface area contributed by atoms with Crippen LogP contribution in [0, 0.1) is 0 Å². The summed E-state index contributed by atoms with van der Waals surface area (Å²) >= 11 is 0. The number of para-hydroxylation sites is 3. The van der Waals surface area contributed by atoms with Gasteiger partial charge in [0.1, 0.15) is 16.4 Å². The minimum atomic E-state index is -4.11. The van der Waals surface area contributed by atoms with Crippen molar-refractivity contribution in [3.63, 3.8) is 0 Å². The molecule has 0 fully saturated rings. The number of ether oxygens (including phenoxy) is 2. The van der Waals surface area contributed by atoms with Crippen molar-refractivity contribution in [1.29, 1.82) is 0 Å². The van der Waals surface area contributed by atoms with Crippen LogP contribution in [0.5, 0.6) is 11.5 Å². The molecule has 1 unspecified atom stereocenters. The van der Waals surface area contributed by atoms with Gasteiger partial charge in [0.05, 0.1) is 24.0 Å². The van der Waals surface area contributed by atoms with Crippen LogP contribution in [-0.4, -0.2) is 55.3 Å². The van der Waals surface area contributed by atoms with Crippen molar-refractivity contribution in [2.24, 2.45) is 4.99 Å². The number of carboxylic acids is 1. The number of nitrogens with zero attached hydrogens (tertiary/aromatic N) is 2. The summed E-state index contributed by atoms with van der Waals surface area (Å²) in [6, 6.07) is 18.9. The SMILES string of the molecule is CCCCCCCCCCCCCCCCCCN1C(C(Oc2cccc(C(=O)O)c2)C(=O)Nc2ccccc2OC)=Nc2ccccc2S1(=O)=O. The fraction of sp³-hybridized carbons (Fsp3) is 0.488. The smallest absolute Gasteiger partial charge is 0.335 e. The largest absolute Gasteiger partial charge is 0.495 e. The summed E-state index contributed by atoms with van der Waals surface area (Å²) < 4.78 is 41.1. The highest BCUT2D eigenvalue weighted by Gasteiger charge is 2.41. The van der Waals surface area contributed by atoms with E-state index in [-0.39, 0.29) is 34.3 Å². The van der Waals surface area contributed by atoms with E-state index in [1.165, 1.54) is 112 Å². The highest BCUT2D eigenvalue weighted by Crippen LogP contribution is 2.34. The maximum atomic E-state index is 14.1. The molecule has 11 heteroatoms. The first-order chi connectivity index (χ1) is 25.3. The van der Waals surface area contributed by atoms with Gasteiger partial charge in [-0.15, -0.1) is 0 Å². The molecule has 4 rings (SSSR count). The van der Waals surface area contributed by atoms with Crippen molar-refractivity contribution in [2.45, 2.75) is 121 Å². The van der Waals surface area contributed by atoms with Crippen LogP contribution in [0.3, 0.4) is 0 Å². The van der Waals surface area contributed by atoms with Gasteiger partial charge in [-0.1, -0.05) is 134 Å². The zero-order valence-electron chi connectivity index (χ0n) is 30.7. The molecule has 2 N–H and O–H groups in total. The third-order valence-electron chi connectivity index (χ3n) is 9.31. The van der Waals surface area contributed by atoms with Gasteiger partial charge >= 0.3 is 5.97 Å². The van der Waals surface area contributed by atoms with Crippen LogP contribution >= 0.6 is 0 Å². The summed E-state index contributed by atoms with van der Waals surface area (Å²) in [5.41, 5.74) is 0.501. The number of fused-ring (bicyclic) bond motifs is 1. The van der Waals surface area contributed by atoms with Crippen LogP contribution in [0.15, 0.2) is 82.7 Å². The number of amides is 1. The van der Waals surface area contributed by atoms with Gasteiger partial charge in [0.15, 0.2) is 5.84 Å². The topological polar surface area (TPSA) is 135 Å². The second kappa shape index (κ2) is 21.2. The number of sulfonamides is 1. The standard InChI is InChI=1S/C41H55N3O7S/c1-3-4-5-6-7-8-9-10-11-12-13-14-15-16-17-22-30-44-39(42-35-27-19-21-29-37(35)52(44,48)49)38(51-33-25-23-24-32(31-33)41(46)47)40(45)43-34-26-18-20-28-36(34)50-2/h18-21,23-29,31,38H,3-17,22,30H2,1-2H3,(H,43,45)(H,46,47). The third-order valence-corrected chi connectivity index (χ3v) is 11.2. The average Bonchev–Trinajstić information content (AvgIpc) is 3.14. The molecule has 0 radical (unpaired) electrons. The minimum Gasteiger partial charge on any atom is -0.495 e. The Kier molecular flexibility index (Phi) is 16.5. The third kappa shape index (κ3) is 11.8. The zero-order valence-corrected chi connectivity index (χ0v) is 31.5. The first kappa shape index (κ1) is 40.4. The number of carbonyl (C=O) groups is 2. The first-order valence-electron chi connectivity index (χ1n) is 18.9. The van der Waals surface area contributed by atoms with Crippen molar-refractivity contribution in [1.82, 2.24) is 4.31 Å². The van der Waals surface area contributed by atoms with Gasteiger partial charge in [-0.3, -0.25) is 4.79 Å². The van der Waals surface area contributed by atoms with Crippen LogP contribution in [0.2, 0.25) is 0 Å². The Morgan fingerprint density at radius 1 is 0.769 bits per heavy atom. The molecule has 0 saturated heterocycles. The van der Waals surface area contributed by atoms with Gasteiger partial charge in [-0.05, 0) is 48.9 Å². The van der Waals surface area contributed by atoms with E-state index in [4.69, 9.17) is 14.5 Å². The molecule has 1 aliphatic rings. The van der Waals surface area contributed by atoms with Gasteiger partial charge < -0.3 is 19.9 Å². The average molecular weight is 734 g/mol. The van der Waals surface area contributed by atoms with Crippen molar-refractivity contribution in [3.8, 4) is 11.5 Å². The Balaban J connectivity index is 1.43. The van der Waals surface area contributed by atoms with E-state index >= 15 is 0 Å². The quantitative estimate of drug-likeness (QED) is 0.0876. The second-order valence-electron chi connectivity index (χ2n) is 13.3. The van der Waals surface area contributed by atoms with Crippen molar-refractivity contribution >= 4 is 39.1 Å². The number of carboxylic acid groups (broad SMARTS) is 1. The molecular formula is C41H55N3O7S. The number of anilines is 1. The molecule has 1 atom stereocenters. The highest BCUT2D eigenvalue weighted by atomic mass is 32.2. The van der Waals surface area contributed by atoms with Crippen LogP contribution in [-0.2, 0) is 14.8 Å². The molecule has 0 saturated carbocycles. The maximum Gasteiger partial charge on any atom is 0.335 e. The fourth-order valence-electron chi connectivity index (χ4n) is 6.42. The minimum absolute atomic E-state index is 0.0463. The van der Waals surface area contributed by atoms with E-state index in [2.05, 4.69) is 12.2 Å². The lowest BCUT2D eigenvalue weighted by atomic mass is 10.0. The highest BCUT2D eigenvalue weighted by molar-refractivity contribution is 7.90. The number of hydrogen-bond acceptors (Lipinski definition) is 7. The zero-order chi connectivity index (χ0) is 37.2. The monoisotopic (exact) mass is 733 g/mol. The van der Waals surface area contributed by atoms with Gasteiger partial charge in [-0.25, -0.2) is 22.5 Å². The van der Waals surface area contributed by atoms with Gasteiger partial charge in [0, 0.05) is 6.54 Å². The Labute approximate surface area is 309 Å². The Hall–Kier alpha value is -4.38. The number of methoxy groups -OCH3 is 1. The van der Waals surface area contributed by atoms with Crippen LogP contribution < -0.4 is 14.8 Å². The molecule has 1 heterocycles. The van der Waals surface area contributed by atoms with Crippen molar-refractivity contribution in [3.05, 3.63) is 78.4 Å². The van der Waals surface area contributed by atoms with Crippen LogP contribution in [0.1, 0.15) is 120 Å². The number of hydrogen-bond donors (Lipinski definition) is 2. The number of unbranched alkanes of at least 4 members (excludes halogenated alkanes) is 15. The number of carbonyl (C=O) groups excluding carboxylic acids is 1. The molecule has 282 valence electrons. The number of rotatable bonds is 24. The van der Waals surface area contributed by atoms with E-state index in [0.717, 1.165) is 25.7 Å². The lowest BCUT2D eigenvalue weighted by Gasteiger charge is -2.33. The van der Waals surface area contributed by atoms with E-state index in [1.807, 2.05) is 0 Å². The Morgan fingerprint density at radius 2 is 1.35 bits per heavy atom. The summed E-state index contributed by atoms with van der Waals surface area (Å²) in [6.07, 6.45) is 17.6. The molecule has 0 spiro atoms. The number of aromatic carboxylic acids is 1. The molecule has 3 aromatic carbocycles. The van der Waals surface area contributed by atoms with Crippen molar-refractivity contribution in [2.75, 3.05) is 19.0 Å². The number of benzene rings is 3. The first-order valence-corrected chi connectivity index (χ1v) is 20.3. The molecular weight excluding hydrogens is 679 g/mol. The van der Waals surface area contributed by atoms with Crippen LogP contribution in [0.25, 0.3) is 0 Å². The molecule has 0 aliphatic carbocycles. The maximum absolute atomic E-state index is 14.1. The molecule has 0 bridgehead atoms. The lowest BCUT2D eigenvalue weighted by molar-refractivity contribution is -0.120. The van der Waals surface area contributed by atoms with Crippen molar-refractivity contribution < 1.29 is 32.6 Å². The Bertz CT molecular complexity index is 1730. The lowest BCUT2D eigenvalue weighted by Crippen LogP contribution is -2.52. The summed E-state index contributed by atoms with van der Waals surface area (Å²) in [5.74, 6) is -1.50. The summed E-state index contributed by atoms with van der Waals surface area (Å²) in [4.78, 5) is 30.6. The molecule has 3 aromatic rings. The van der Waals surface area contributed by atoms with E-state index < -0.39 is 28.0 Å².